The van der Waals surface area contributed by atoms with Gasteiger partial charge in [0.05, 0.1) is 16.7 Å². The van der Waals surface area contributed by atoms with Crippen molar-refractivity contribution in [2.45, 2.75) is 18.9 Å². The molecule has 0 saturated heterocycles. The quantitative estimate of drug-likeness (QED) is 0.289. The summed E-state index contributed by atoms with van der Waals surface area (Å²) in [7, 11) is 4.81. The summed E-state index contributed by atoms with van der Waals surface area (Å²) in [5.74, 6) is -0.269. The first-order valence-electron chi connectivity index (χ1n) is 11.3. The fraction of sp³-hybridized carbons (Fsp3) is 0.320. The molecule has 0 spiro atoms. The molecular formula is C25H23ClF6N4O3. The van der Waals surface area contributed by atoms with Crippen molar-refractivity contribution < 1.29 is 40.6 Å². The first-order chi connectivity index (χ1) is 18.1. The predicted molar refractivity (Wildman–Crippen MR) is 130 cm³/mol. The largest absolute Gasteiger partial charge is 0.462 e. The van der Waals surface area contributed by atoms with Gasteiger partial charge in [-0.05, 0) is 43.9 Å². The Hall–Kier alpha value is -3.58. The van der Waals surface area contributed by atoms with Gasteiger partial charge in [-0.15, -0.1) is 0 Å². The van der Waals surface area contributed by atoms with Gasteiger partial charge in [0.15, 0.2) is 0 Å². The molecule has 0 unspecified atom stereocenters. The van der Waals surface area contributed by atoms with Gasteiger partial charge in [0.2, 0.25) is 5.88 Å². The number of hydrogen-bond donors (Lipinski definition) is 0. The van der Waals surface area contributed by atoms with Gasteiger partial charge in [0, 0.05) is 36.9 Å². The second-order valence-corrected chi connectivity index (χ2v) is 9.05. The lowest BCUT2D eigenvalue weighted by Gasteiger charge is -2.20. The molecule has 7 nitrogen and oxygen atoms in total. The van der Waals surface area contributed by atoms with E-state index in [9.17, 15) is 31.1 Å². The topological polar surface area (TPSA) is 67.8 Å². The molecule has 14 heteroatoms. The number of halogens is 7. The van der Waals surface area contributed by atoms with Crippen molar-refractivity contribution in [3.8, 4) is 23.0 Å². The number of ether oxygens (including phenoxy) is 2. The number of carbonyl (C=O) groups excluding carboxylic acids is 1. The normalized spacial score (nSPS) is 12.0. The Kier molecular flexibility index (Phi) is 9.28. The maximum Gasteiger partial charge on any atom is 0.416 e. The molecule has 0 aliphatic carbocycles. The lowest BCUT2D eigenvalue weighted by Crippen LogP contribution is -2.30. The first-order valence-corrected chi connectivity index (χ1v) is 11.6. The number of nitrogens with zero attached hydrogens (tertiary/aromatic N) is 4. The zero-order chi connectivity index (χ0) is 29.0. The summed E-state index contributed by atoms with van der Waals surface area (Å²) in [4.78, 5) is 23.8. The molecule has 0 aliphatic heterocycles. The van der Waals surface area contributed by atoms with Crippen LogP contribution in [0.5, 0.6) is 11.9 Å². The molecule has 0 atom stereocenters. The van der Waals surface area contributed by atoms with E-state index in [0.717, 1.165) is 11.9 Å². The second kappa shape index (κ2) is 12.1. The van der Waals surface area contributed by atoms with Crippen molar-refractivity contribution in [1.29, 1.82) is 0 Å². The van der Waals surface area contributed by atoms with Crippen molar-refractivity contribution in [3.63, 3.8) is 0 Å². The molecule has 0 saturated carbocycles. The maximum absolute atomic E-state index is 13.2. The van der Waals surface area contributed by atoms with Crippen LogP contribution in [-0.2, 0) is 18.9 Å². The summed E-state index contributed by atoms with van der Waals surface area (Å²) in [5.41, 5.74) is -2.77. The monoisotopic (exact) mass is 576 g/mol. The Balaban J connectivity index is 1.90. The summed E-state index contributed by atoms with van der Waals surface area (Å²) < 4.78 is 90.2. The zero-order valence-corrected chi connectivity index (χ0v) is 21.7. The molecular weight excluding hydrogens is 554 g/mol. The molecule has 3 rings (SSSR count). The molecule has 0 aliphatic rings. The third kappa shape index (κ3) is 8.20. The number of aromatic nitrogens is 2. The standard InChI is InChI=1S/C25H23ClF6N4O3/c1-35(2)8-9-38-22-33-13-19(18-6-4-5-7-20(18)26)21(34-22)39-23(37)36(3)14-15-10-16(24(27,28)29)12-17(11-15)25(30,31)32/h4-7,10-13H,8-9,14H2,1-3H3. The highest BCUT2D eigenvalue weighted by atomic mass is 35.5. The van der Waals surface area contributed by atoms with Gasteiger partial charge in [0.1, 0.15) is 6.61 Å². The Morgan fingerprint density at radius 3 is 2.13 bits per heavy atom. The van der Waals surface area contributed by atoms with E-state index in [2.05, 4.69) is 9.97 Å². The minimum Gasteiger partial charge on any atom is -0.462 e. The number of carbonyl (C=O) groups is 1. The van der Waals surface area contributed by atoms with Crippen LogP contribution < -0.4 is 9.47 Å². The van der Waals surface area contributed by atoms with Crippen LogP contribution in [0.2, 0.25) is 5.02 Å². The molecule has 210 valence electrons. The van der Waals surface area contributed by atoms with E-state index in [1.54, 1.807) is 24.3 Å². The van der Waals surface area contributed by atoms with E-state index in [0.29, 0.717) is 24.2 Å². The molecule has 1 heterocycles. The zero-order valence-electron chi connectivity index (χ0n) is 20.9. The molecule has 0 radical (unpaired) electrons. The van der Waals surface area contributed by atoms with Gasteiger partial charge >= 0.3 is 24.5 Å². The molecule has 2 aromatic carbocycles. The third-order valence-electron chi connectivity index (χ3n) is 5.23. The Labute approximate surface area is 224 Å². The number of amides is 1. The smallest absolute Gasteiger partial charge is 0.416 e. The molecule has 1 amide bonds. The lowest BCUT2D eigenvalue weighted by atomic mass is 10.0. The molecule has 0 fully saturated rings. The number of benzene rings is 2. The Morgan fingerprint density at radius 2 is 1.56 bits per heavy atom. The van der Waals surface area contributed by atoms with Crippen molar-refractivity contribution >= 4 is 17.7 Å². The highest BCUT2D eigenvalue weighted by Crippen LogP contribution is 2.37. The lowest BCUT2D eigenvalue weighted by molar-refractivity contribution is -0.143. The summed E-state index contributed by atoms with van der Waals surface area (Å²) in [6.07, 6.45) is -9.83. The summed E-state index contributed by atoms with van der Waals surface area (Å²) in [6, 6.07) is 7.52. The van der Waals surface area contributed by atoms with Crippen LogP contribution in [0.1, 0.15) is 16.7 Å². The maximum atomic E-state index is 13.2. The van der Waals surface area contributed by atoms with E-state index in [-0.39, 0.29) is 35.1 Å². The minimum atomic E-state index is -5.02. The summed E-state index contributed by atoms with van der Waals surface area (Å²) >= 11 is 6.27. The van der Waals surface area contributed by atoms with Crippen LogP contribution in [0, 0.1) is 0 Å². The van der Waals surface area contributed by atoms with Crippen molar-refractivity contribution in [2.75, 3.05) is 34.3 Å². The van der Waals surface area contributed by atoms with Crippen molar-refractivity contribution in [2.24, 2.45) is 0 Å². The van der Waals surface area contributed by atoms with Crippen LogP contribution in [0.25, 0.3) is 11.1 Å². The van der Waals surface area contributed by atoms with Crippen LogP contribution in [0.3, 0.4) is 0 Å². The molecule has 39 heavy (non-hydrogen) atoms. The predicted octanol–water partition coefficient (Wildman–Crippen LogP) is 6.41. The van der Waals surface area contributed by atoms with Crippen LogP contribution in [-0.4, -0.2) is 60.2 Å². The number of likely N-dealkylation sites (N-methyl/N-ethyl adjacent to an activating group) is 1. The summed E-state index contributed by atoms with van der Waals surface area (Å²) in [6.45, 7) is 0.123. The van der Waals surface area contributed by atoms with Gasteiger partial charge in [-0.3, -0.25) is 0 Å². The third-order valence-corrected chi connectivity index (χ3v) is 5.56. The van der Waals surface area contributed by atoms with Gasteiger partial charge in [-0.25, -0.2) is 9.78 Å². The number of rotatable bonds is 8. The molecule has 0 bridgehead atoms. The molecule has 1 aromatic heterocycles. The fourth-order valence-electron chi connectivity index (χ4n) is 3.29. The van der Waals surface area contributed by atoms with E-state index < -0.39 is 41.7 Å². The van der Waals surface area contributed by atoms with Crippen LogP contribution >= 0.6 is 11.6 Å². The van der Waals surface area contributed by atoms with E-state index in [1.807, 2.05) is 19.0 Å². The van der Waals surface area contributed by atoms with Crippen molar-refractivity contribution in [1.82, 2.24) is 19.8 Å². The first kappa shape index (κ1) is 30.0. The highest BCUT2D eigenvalue weighted by Gasteiger charge is 2.37. The fourth-order valence-corrected chi connectivity index (χ4v) is 3.53. The van der Waals surface area contributed by atoms with Gasteiger partial charge in [0.25, 0.3) is 0 Å². The molecule has 3 aromatic rings. The van der Waals surface area contributed by atoms with Crippen LogP contribution in [0.4, 0.5) is 31.1 Å². The Bertz CT molecular complexity index is 1290. The molecule has 0 N–H and O–H groups in total. The number of hydrogen-bond acceptors (Lipinski definition) is 6. The van der Waals surface area contributed by atoms with E-state index >= 15 is 0 Å². The van der Waals surface area contributed by atoms with E-state index in [4.69, 9.17) is 21.1 Å². The SMILES string of the molecule is CN(C)CCOc1ncc(-c2ccccc2Cl)c(OC(=O)N(C)Cc2cc(C(F)(F)F)cc(C(F)(F)F)c2)n1. The van der Waals surface area contributed by atoms with Gasteiger partial charge < -0.3 is 19.3 Å². The number of alkyl halides is 6. The van der Waals surface area contributed by atoms with Crippen LogP contribution in [0.15, 0.2) is 48.7 Å². The van der Waals surface area contributed by atoms with E-state index in [1.165, 1.54) is 6.20 Å². The second-order valence-electron chi connectivity index (χ2n) is 8.64. The minimum absolute atomic E-state index is 0.0103. The summed E-state index contributed by atoms with van der Waals surface area (Å²) in [5, 5.41) is 0.289. The van der Waals surface area contributed by atoms with Crippen molar-refractivity contribution in [3.05, 3.63) is 70.4 Å². The Morgan fingerprint density at radius 1 is 0.949 bits per heavy atom. The highest BCUT2D eigenvalue weighted by molar-refractivity contribution is 6.33. The van der Waals surface area contributed by atoms with Gasteiger partial charge in [-0.1, -0.05) is 29.8 Å². The average Bonchev–Trinajstić information content (AvgIpc) is 2.83. The van der Waals surface area contributed by atoms with Gasteiger partial charge in [-0.2, -0.15) is 31.3 Å². The average molecular weight is 577 g/mol.